The zero-order valence-corrected chi connectivity index (χ0v) is 12.5. The molecule has 1 amide bonds. The Hall–Kier alpha value is -0.870. The molecular formula is C14H19BrN2O. The van der Waals surface area contributed by atoms with Crippen molar-refractivity contribution in [3.05, 3.63) is 28.2 Å². The first-order valence-electron chi connectivity index (χ1n) is 6.39. The van der Waals surface area contributed by atoms with E-state index in [0.29, 0.717) is 0 Å². The van der Waals surface area contributed by atoms with E-state index < -0.39 is 0 Å². The number of anilines is 1. The summed E-state index contributed by atoms with van der Waals surface area (Å²) in [6.07, 6.45) is 2.40. The van der Waals surface area contributed by atoms with Crippen molar-refractivity contribution in [2.75, 3.05) is 18.4 Å². The van der Waals surface area contributed by atoms with Crippen molar-refractivity contribution in [3.63, 3.8) is 0 Å². The number of carbonyl (C=O) groups excluding carboxylic acids is 1. The van der Waals surface area contributed by atoms with Crippen LogP contribution >= 0.6 is 15.9 Å². The number of amides is 1. The first kappa shape index (κ1) is 13.6. The third kappa shape index (κ3) is 3.12. The predicted molar refractivity (Wildman–Crippen MR) is 77.8 cm³/mol. The van der Waals surface area contributed by atoms with Crippen molar-refractivity contribution in [3.8, 4) is 0 Å². The van der Waals surface area contributed by atoms with Crippen LogP contribution in [0.1, 0.15) is 25.3 Å². The summed E-state index contributed by atoms with van der Waals surface area (Å²) in [6, 6.07) is 5.89. The minimum absolute atomic E-state index is 0.0549. The fourth-order valence-corrected chi connectivity index (χ4v) is 2.85. The second kappa shape index (κ2) is 5.85. The number of hydrogen-bond donors (Lipinski definition) is 1. The molecular weight excluding hydrogens is 292 g/mol. The summed E-state index contributed by atoms with van der Waals surface area (Å²) in [5, 5.41) is 2.99. The van der Waals surface area contributed by atoms with Crippen LogP contribution in [-0.4, -0.2) is 29.9 Å². The average molecular weight is 311 g/mol. The summed E-state index contributed by atoms with van der Waals surface area (Å²) >= 11 is 3.48. The van der Waals surface area contributed by atoms with Crippen LogP contribution in [0.4, 0.5) is 5.69 Å². The van der Waals surface area contributed by atoms with Crippen LogP contribution in [0.3, 0.4) is 0 Å². The standard InChI is InChI=1S/C14H19BrN2O/c1-10-5-6-13(12(15)9-10)16-14(18)11(2)17-7-3-4-8-17/h5-6,9,11H,3-4,7-8H2,1-2H3,(H,16,18). The van der Waals surface area contributed by atoms with Crippen LogP contribution < -0.4 is 5.32 Å². The van der Waals surface area contributed by atoms with E-state index in [0.717, 1.165) is 23.2 Å². The van der Waals surface area contributed by atoms with Crippen LogP contribution in [0.15, 0.2) is 22.7 Å². The van der Waals surface area contributed by atoms with Gasteiger partial charge in [0.05, 0.1) is 11.7 Å². The Morgan fingerprint density at radius 3 is 2.67 bits per heavy atom. The number of aryl methyl sites for hydroxylation is 1. The lowest BCUT2D eigenvalue weighted by atomic mass is 10.2. The molecule has 1 aliphatic heterocycles. The molecule has 1 unspecified atom stereocenters. The normalized spacial score (nSPS) is 17.7. The Labute approximate surface area is 117 Å². The van der Waals surface area contributed by atoms with E-state index in [4.69, 9.17) is 0 Å². The molecule has 0 bridgehead atoms. The summed E-state index contributed by atoms with van der Waals surface area (Å²) in [4.78, 5) is 14.4. The van der Waals surface area contributed by atoms with Gasteiger partial charge in [0.15, 0.2) is 0 Å². The lowest BCUT2D eigenvalue weighted by molar-refractivity contribution is -0.120. The number of rotatable bonds is 3. The highest BCUT2D eigenvalue weighted by atomic mass is 79.9. The van der Waals surface area contributed by atoms with Crippen LogP contribution in [0.25, 0.3) is 0 Å². The molecule has 0 aromatic heterocycles. The van der Waals surface area contributed by atoms with E-state index >= 15 is 0 Å². The molecule has 0 aliphatic carbocycles. The van der Waals surface area contributed by atoms with Gasteiger partial charge in [0, 0.05) is 4.47 Å². The molecule has 1 fully saturated rings. The van der Waals surface area contributed by atoms with E-state index in [1.54, 1.807) is 0 Å². The van der Waals surface area contributed by atoms with Gasteiger partial charge >= 0.3 is 0 Å². The molecule has 0 radical (unpaired) electrons. The number of nitrogens with zero attached hydrogens (tertiary/aromatic N) is 1. The quantitative estimate of drug-likeness (QED) is 0.930. The van der Waals surface area contributed by atoms with Gasteiger partial charge in [-0.3, -0.25) is 9.69 Å². The topological polar surface area (TPSA) is 32.3 Å². The van der Waals surface area contributed by atoms with Crippen LogP contribution in [0, 0.1) is 6.92 Å². The molecule has 1 N–H and O–H groups in total. The van der Waals surface area contributed by atoms with E-state index in [2.05, 4.69) is 26.1 Å². The average Bonchev–Trinajstić information content (AvgIpc) is 2.85. The lowest BCUT2D eigenvalue weighted by Crippen LogP contribution is -2.40. The summed E-state index contributed by atoms with van der Waals surface area (Å²) in [5.74, 6) is 0.0708. The Balaban J connectivity index is 2.01. The smallest absolute Gasteiger partial charge is 0.241 e. The van der Waals surface area contributed by atoms with E-state index in [1.807, 2.05) is 32.0 Å². The SMILES string of the molecule is Cc1ccc(NC(=O)C(C)N2CCCC2)c(Br)c1. The Morgan fingerprint density at radius 1 is 1.39 bits per heavy atom. The fraction of sp³-hybridized carbons (Fsp3) is 0.500. The predicted octanol–water partition coefficient (Wildman–Crippen LogP) is 3.18. The van der Waals surface area contributed by atoms with Gasteiger partial charge in [-0.1, -0.05) is 6.07 Å². The lowest BCUT2D eigenvalue weighted by Gasteiger charge is -2.23. The monoisotopic (exact) mass is 310 g/mol. The second-order valence-electron chi connectivity index (χ2n) is 4.89. The molecule has 1 atom stereocenters. The number of likely N-dealkylation sites (tertiary alicyclic amines) is 1. The summed E-state index contributed by atoms with van der Waals surface area (Å²) < 4.78 is 0.935. The van der Waals surface area contributed by atoms with Gasteiger partial charge in [-0.2, -0.15) is 0 Å². The molecule has 1 aromatic rings. The largest absolute Gasteiger partial charge is 0.324 e. The zero-order valence-electron chi connectivity index (χ0n) is 10.9. The Kier molecular flexibility index (Phi) is 4.40. The molecule has 3 nitrogen and oxygen atoms in total. The first-order chi connectivity index (χ1) is 8.58. The van der Waals surface area contributed by atoms with Crippen LogP contribution in [-0.2, 0) is 4.79 Å². The molecule has 1 aliphatic rings. The third-order valence-corrected chi connectivity index (χ3v) is 4.11. The maximum Gasteiger partial charge on any atom is 0.241 e. The van der Waals surface area contributed by atoms with Crippen molar-refractivity contribution in [1.29, 1.82) is 0 Å². The van der Waals surface area contributed by atoms with Gasteiger partial charge < -0.3 is 5.32 Å². The molecule has 2 rings (SSSR count). The van der Waals surface area contributed by atoms with Crippen molar-refractivity contribution >= 4 is 27.5 Å². The molecule has 4 heteroatoms. The number of nitrogens with one attached hydrogen (secondary N) is 1. The molecule has 1 saturated heterocycles. The minimum atomic E-state index is -0.0549. The highest BCUT2D eigenvalue weighted by Crippen LogP contribution is 2.24. The molecule has 0 saturated carbocycles. The Bertz CT molecular complexity index is 441. The summed E-state index contributed by atoms with van der Waals surface area (Å²) in [5.41, 5.74) is 2.02. The van der Waals surface area contributed by atoms with Crippen molar-refractivity contribution < 1.29 is 4.79 Å². The van der Waals surface area contributed by atoms with E-state index in [9.17, 15) is 4.79 Å². The second-order valence-corrected chi connectivity index (χ2v) is 5.75. The number of hydrogen-bond acceptors (Lipinski definition) is 2. The molecule has 18 heavy (non-hydrogen) atoms. The highest BCUT2D eigenvalue weighted by Gasteiger charge is 2.24. The highest BCUT2D eigenvalue weighted by molar-refractivity contribution is 9.10. The van der Waals surface area contributed by atoms with Crippen LogP contribution in [0.2, 0.25) is 0 Å². The van der Waals surface area contributed by atoms with Crippen molar-refractivity contribution in [2.24, 2.45) is 0 Å². The van der Waals surface area contributed by atoms with Crippen molar-refractivity contribution in [1.82, 2.24) is 4.90 Å². The number of halogens is 1. The maximum atomic E-state index is 12.2. The van der Waals surface area contributed by atoms with Gasteiger partial charge in [-0.25, -0.2) is 0 Å². The van der Waals surface area contributed by atoms with Crippen molar-refractivity contribution in [2.45, 2.75) is 32.7 Å². The number of carbonyl (C=O) groups is 1. The van der Waals surface area contributed by atoms with Gasteiger partial charge in [0.2, 0.25) is 5.91 Å². The van der Waals surface area contributed by atoms with Crippen LogP contribution in [0.5, 0.6) is 0 Å². The summed E-state index contributed by atoms with van der Waals surface area (Å²) in [6.45, 7) is 6.07. The van der Waals surface area contributed by atoms with E-state index in [-0.39, 0.29) is 11.9 Å². The molecule has 1 heterocycles. The molecule has 1 aromatic carbocycles. The fourth-order valence-electron chi connectivity index (χ4n) is 2.25. The number of benzene rings is 1. The maximum absolute atomic E-state index is 12.2. The van der Waals surface area contributed by atoms with Gasteiger partial charge in [-0.15, -0.1) is 0 Å². The summed E-state index contributed by atoms with van der Waals surface area (Å²) in [7, 11) is 0. The van der Waals surface area contributed by atoms with E-state index in [1.165, 1.54) is 18.4 Å². The van der Waals surface area contributed by atoms with Gasteiger partial charge in [-0.05, 0) is 73.4 Å². The minimum Gasteiger partial charge on any atom is -0.324 e. The first-order valence-corrected chi connectivity index (χ1v) is 7.18. The Morgan fingerprint density at radius 2 is 2.06 bits per heavy atom. The van der Waals surface area contributed by atoms with Gasteiger partial charge in [0.25, 0.3) is 0 Å². The molecule has 0 spiro atoms. The molecule has 98 valence electrons. The zero-order chi connectivity index (χ0) is 13.1. The van der Waals surface area contributed by atoms with Gasteiger partial charge in [0.1, 0.15) is 0 Å². The third-order valence-electron chi connectivity index (χ3n) is 3.45.